The van der Waals surface area contributed by atoms with E-state index in [4.69, 9.17) is 0 Å². The average molecular weight is 525 g/mol. The van der Waals surface area contributed by atoms with Gasteiger partial charge in [-0.05, 0) is 60.7 Å². The number of halogens is 3. The van der Waals surface area contributed by atoms with E-state index < -0.39 is 23.5 Å². The van der Waals surface area contributed by atoms with Gasteiger partial charge in [-0.1, -0.05) is 18.6 Å². The van der Waals surface area contributed by atoms with Gasteiger partial charge in [-0.25, -0.2) is 19.7 Å². The van der Waals surface area contributed by atoms with Crippen LogP contribution in [0.4, 0.5) is 24.7 Å². The summed E-state index contributed by atoms with van der Waals surface area (Å²) in [7, 11) is 0. The van der Waals surface area contributed by atoms with Crippen molar-refractivity contribution < 1.29 is 23.1 Å². The van der Waals surface area contributed by atoms with Crippen molar-refractivity contribution in [3.63, 3.8) is 0 Å². The second-order valence-electron chi connectivity index (χ2n) is 9.20. The minimum atomic E-state index is -4.48. The zero-order valence-corrected chi connectivity index (χ0v) is 20.1. The van der Waals surface area contributed by atoms with Crippen LogP contribution in [0.15, 0.2) is 47.8 Å². The lowest BCUT2D eigenvalue weighted by Crippen LogP contribution is -2.31. The van der Waals surface area contributed by atoms with E-state index in [0.29, 0.717) is 17.0 Å². The molecular formula is C25H22F3N7O3. The standard InChI is InChI=1S/C25H22F3N7O3/c1-13(15-3-2-4-15)30-20-19-21(32-22(31-20)24(36)37)33-23(18-11-17(34-38)9-10-29-18)35(19)12-14-5-7-16(8-6-14)25(26,27)28/h5-11,13,15H,2-4,12H2,1H3,(H,36,37)(H,30,31,32)/t13-/m1/s1. The number of alkyl halides is 3. The van der Waals surface area contributed by atoms with Crippen molar-refractivity contribution in [2.75, 3.05) is 5.32 Å². The molecule has 1 aliphatic carbocycles. The lowest BCUT2D eigenvalue weighted by molar-refractivity contribution is -0.137. The SMILES string of the molecule is C[C@@H](Nc1nc(C(=O)O)nc2nc(-c3cc(N=O)ccn3)n(Cc3ccc(C(F)(F)F)cc3)c12)C1CCC1. The normalized spacial score (nSPS) is 14.7. The molecule has 0 radical (unpaired) electrons. The fourth-order valence-corrected chi connectivity index (χ4v) is 4.44. The number of carbonyl (C=O) groups is 1. The zero-order valence-electron chi connectivity index (χ0n) is 20.1. The molecule has 1 atom stereocenters. The molecule has 2 N–H and O–H groups in total. The maximum atomic E-state index is 13.1. The Hall–Kier alpha value is -4.42. The number of hydrogen-bond acceptors (Lipinski definition) is 8. The largest absolute Gasteiger partial charge is 0.475 e. The molecule has 10 nitrogen and oxygen atoms in total. The van der Waals surface area contributed by atoms with Crippen molar-refractivity contribution in [1.29, 1.82) is 0 Å². The maximum Gasteiger partial charge on any atom is 0.416 e. The Labute approximate surface area is 214 Å². The third-order valence-electron chi connectivity index (χ3n) is 6.72. The summed E-state index contributed by atoms with van der Waals surface area (Å²) in [5.74, 6) is -0.946. The van der Waals surface area contributed by atoms with Crippen molar-refractivity contribution in [3.05, 3.63) is 64.5 Å². The number of anilines is 1. The fraction of sp³-hybridized carbons (Fsp3) is 0.320. The van der Waals surface area contributed by atoms with Crippen LogP contribution in [0.1, 0.15) is 47.9 Å². The lowest BCUT2D eigenvalue weighted by atomic mass is 9.80. The Kier molecular flexibility index (Phi) is 6.51. The molecule has 1 aromatic carbocycles. The number of benzene rings is 1. The van der Waals surface area contributed by atoms with E-state index >= 15 is 0 Å². The molecule has 5 rings (SSSR count). The first-order chi connectivity index (χ1) is 18.1. The topological polar surface area (TPSA) is 135 Å². The highest BCUT2D eigenvalue weighted by Gasteiger charge is 2.30. The molecule has 38 heavy (non-hydrogen) atoms. The molecule has 0 bridgehead atoms. The van der Waals surface area contributed by atoms with E-state index in [-0.39, 0.29) is 41.3 Å². The summed E-state index contributed by atoms with van der Waals surface area (Å²) in [5.41, 5.74) is 0.508. The number of nitroso groups, excluding NO2 is 1. The monoisotopic (exact) mass is 525 g/mol. The highest BCUT2D eigenvalue weighted by Crippen LogP contribution is 2.34. The number of nitrogens with one attached hydrogen (secondary N) is 1. The van der Waals surface area contributed by atoms with Gasteiger partial charge in [0.05, 0.1) is 5.56 Å². The van der Waals surface area contributed by atoms with E-state index in [1.165, 1.54) is 30.5 Å². The third kappa shape index (κ3) is 4.91. The Morgan fingerprint density at radius 2 is 1.92 bits per heavy atom. The van der Waals surface area contributed by atoms with Crippen LogP contribution in [0.5, 0.6) is 0 Å². The van der Waals surface area contributed by atoms with Gasteiger partial charge in [0.1, 0.15) is 16.9 Å². The van der Waals surface area contributed by atoms with E-state index in [1.54, 1.807) is 4.57 Å². The summed E-state index contributed by atoms with van der Waals surface area (Å²) < 4.78 is 41.0. The third-order valence-corrected chi connectivity index (χ3v) is 6.72. The van der Waals surface area contributed by atoms with Gasteiger partial charge in [0.25, 0.3) is 0 Å². The summed E-state index contributed by atoms with van der Waals surface area (Å²) in [6.45, 7) is 2.03. The zero-order chi connectivity index (χ0) is 27.0. The summed E-state index contributed by atoms with van der Waals surface area (Å²) in [4.78, 5) is 40.1. The van der Waals surface area contributed by atoms with Crippen LogP contribution < -0.4 is 5.32 Å². The molecule has 196 valence electrons. The summed E-state index contributed by atoms with van der Waals surface area (Å²) in [6.07, 6.45) is 0.0613. The summed E-state index contributed by atoms with van der Waals surface area (Å²) in [6, 6.07) is 7.47. The first-order valence-corrected chi connectivity index (χ1v) is 11.9. The average Bonchev–Trinajstić information content (AvgIpc) is 3.21. The number of hydrogen-bond donors (Lipinski definition) is 2. The van der Waals surface area contributed by atoms with Gasteiger partial charge in [-0.15, -0.1) is 4.91 Å². The summed E-state index contributed by atoms with van der Waals surface area (Å²) in [5, 5.41) is 15.9. The molecule has 1 fully saturated rings. The predicted octanol–water partition coefficient (Wildman–Crippen LogP) is 5.65. The van der Waals surface area contributed by atoms with Crippen LogP contribution in [0.2, 0.25) is 0 Å². The van der Waals surface area contributed by atoms with Crippen LogP contribution in [0.3, 0.4) is 0 Å². The molecule has 0 aliphatic heterocycles. The van der Waals surface area contributed by atoms with Crippen molar-refractivity contribution in [2.45, 2.75) is 44.9 Å². The molecule has 1 aliphatic rings. The highest BCUT2D eigenvalue weighted by atomic mass is 19.4. The van der Waals surface area contributed by atoms with E-state index in [2.05, 4.69) is 30.4 Å². The smallest absolute Gasteiger partial charge is 0.416 e. The van der Waals surface area contributed by atoms with Crippen LogP contribution in [-0.4, -0.2) is 41.6 Å². The van der Waals surface area contributed by atoms with Crippen molar-refractivity contribution >= 4 is 28.6 Å². The number of aromatic carboxylic acids is 1. The molecule has 0 unspecified atom stereocenters. The molecule has 4 aromatic rings. The molecular weight excluding hydrogens is 503 g/mol. The van der Waals surface area contributed by atoms with E-state index in [1.807, 2.05) is 6.92 Å². The molecule has 0 spiro atoms. The van der Waals surface area contributed by atoms with Gasteiger partial charge >= 0.3 is 12.1 Å². The summed E-state index contributed by atoms with van der Waals surface area (Å²) >= 11 is 0. The number of fused-ring (bicyclic) bond motifs is 1. The minimum Gasteiger partial charge on any atom is -0.475 e. The van der Waals surface area contributed by atoms with Crippen LogP contribution in [-0.2, 0) is 12.7 Å². The number of carboxylic acid groups (broad SMARTS) is 1. The molecule has 0 amide bonds. The quantitative estimate of drug-likeness (QED) is 0.282. The number of rotatable bonds is 8. The van der Waals surface area contributed by atoms with Crippen LogP contribution in [0.25, 0.3) is 22.7 Å². The van der Waals surface area contributed by atoms with E-state index in [0.717, 1.165) is 31.4 Å². The fourth-order valence-electron chi connectivity index (χ4n) is 4.44. The van der Waals surface area contributed by atoms with Gasteiger partial charge < -0.3 is 15.0 Å². The van der Waals surface area contributed by atoms with Gasteiger partial charge in [-0.3, -0.25) is 4.98 Å². The number of carboxylic acids is 1. The molecule has 1 saturated carbocycles. The number of pyridine rings is 1. The second-order valence-corrected chi connectivity index (χ2v) is 9.20. The van der Waals surface area contributed by atoms with Crippen molar-refractivity contribution in [2.24, 2.45) is 11.1 Å². The van der Waals surface area contributed by atoms with Gasteiger partial charge in [-0.2, -0.15) is 13.2 Å². The first-order valence-electron chi connectivity index (χ1n) is 11.9. The molecule has 13 heteroatoms. The number of imidazole rings is 1. The Balaban J connectivity index is 1.69. The van der Waals surface area contributed by atoms with Crippen LogP contribution in [0, 0.1) is 10.8 Å². The Morgan fingerprint density at radius 1 is 1.18 bits per heavy atom. The lowest BCUT2D eigenvalue weighted by Gasteiger charge is -2.32. The van der Waals surface area contributed by atoms with Gasteiger partial charge in [0.15, 0.2) is 17.3 Å². The maximum absolute atomic E-state index is 13.1. The minimum absolute atomic E-state index is 0.0259. The Morgan fingerprint density at radius 3 is 2.53 bits per heavy atom. The molecule has 3 aromatic heterocycles. The van der Waals surface area contributed by atoms with E-state index in [9.17, 15) is 28.0 Å². The molecule has 3 heterocycles. The number of aromatic nitrogens is 5. The highest BCUT2D eigenvalue weighted by molar-refractivity contribution is 5.92. The van der Waals surface area contributed by atoms with Gasteiger partial charge in [0.2, 0.25) is 5.82 Å². The van der Waals surface area contributed by atoms with Crippen molar-refractivity contribution in [3.8, 4) is 11.5 Å². The first kappa shape index (κ1) is 25.2. The van der Waals surface area contributed by atoms with Gasteiger partial charge in [0, 0.05) is 18.8 Å². The number of nitrogens with zero attached hydrogens (tertiary/aromatic N) is 6. The Bertz CT molecular complexity index is 1520. The van der Waals surface area contributed by atoms with Crippen molar-refractivity contribution in [1.82, 2.24) is 24.5 Å². The molecule has 0 saturated heterocycles. The predicted molar refractivity (Wildman–Crippen MR) is 132 cm³/mol. The van der Waals surface area contributed by atoms with Crippen LogP contribution >= 0.6 is 0 Å². The second kappa shape index (κ2) is 9.80.